The number of morpholine rings is 1. The first-order valence-electron chi connectivity index (χ1n) is 6.77. The van der Waals surface area contributed by atoms with Crippen molar-refractivity contribution in [2.75, 3.05) is 26.2 Å². The van der Waals surface area contributed by atoms with E-state index in [0.717, 1.165) is 26.2 Å². The van der Waals surface area contributed by atoms with Crippen LogP contribution in [0.2, 0.25) is 0 Å². The summed E-state index contributed by atoms with van der Waals surface area (Å²) in [4.78, 5) is 2.58. The van der Waals surface area contributed by atoms with E-state index in [1.807, 2.05) is 0 Å². The van der Waals surface area contributed by atoms with E-state index in [0.29, 0.717) is 18.2 Å². The van der Waals surface area contributed by atoms with Crippen LogP contribution in [0.3, 0.4) is 0 Å². The number of rotatable bonds is 6. The molecule has 1 fully saturated rings. The second-order valence-corrected chi connectivity index (χ2v) is 4.98. The maximum atomic E-state index is 5.77. The molecule has 3 atom stereocenters. The van der Waals surface area contributed by atoms with Gasteiger partial charge in [-0.1, -0.05) is 13.8 Å². The quantitative estimate of drug-likeness (QED) is 0.703. The Morgan fingerprint density at radius 3 is 2.38 bits per heavy atom. The molecule has 1 saturated heterocycles. The molecule has 16 heavy (non-hydrogen) atoms. The van der Waals surface area contributed by atoms with Gasteiger partial charge in [-0.3, -0.25) is 4.90 Å². The summed E-state index contributed by atoms with van der Waals surface area (Å²) >= 11 is 0. The van der Waals surface area contributed by atoms with Crippen molar-refractivity contribution in [1.82, 2.24) is 10.2 Å². The van der Waals surface area contributed by atoms with Crippen LogP contribution in [0.25, 0.3) is 0 Å². The van der Waals surface area contributed by atoms with E-state index in [-0.39, 0.29) is 0 Å². The number of nitrogens with one attached hydrogen (secondary N) is 1. The van der Waals surface area contributed by atoms with Crippen molar-refractivity contribution in [3.8, 4) is 0 Å². The highest BCUT2D eigenvalue weighted by molar-refractivity contribution is 4.80. The van der Waals surface area contributed by atoms with Crippen molar-refractivity contribution >= 4 is 0 Å². The second-order valence-electron chi connectivity index (χ2n) is 4.98. The summed E-state index contributed by atoms with van der Waals surface area (Å²) < 4.78 is 5.77. The fourth-order valence-electron chi connectivity index (χ4n) is 2.49. The minimum Gasteiger partial charge on any atom is -0.373 e. The molecule has 3 heteroatoms. The first-order chi connectivity index (χ1) is 7.67. The summed E-state index contributed by atoms with van der Waals surface area (Å²) in [5, 5.41) is 3.53. The van der Waals surface area contributed by atoms with Crippen LogP contribution in [0.4, 0.5) is 0 Å². The summed E-state index contributed by atoms with van der Waals surface area (Å²) in [5.41, 5.74) is 0. The van der Waals surface area contributed by atoms with E-state index in [1.54, 1.807) is 0 Å². The lowest BCUT2D eigenvalue weighted by Gasteiger charge is -2.40. The van der Waals surface area contributed by atoms with Crippen LogP contribution in [0.15, 0.2) is 0 Å². The van der Waals surface area contributed by atoms with E-state index in [4.69, 9.17) is 4.74 Å². The molecule has 1 unspecified atom stereocenters. The molecule has 1 N–H and O–H groups in total. The summed E-state index contributed by atoms with van der Waals surface area (Å²) in [5.74, 6) is 0. The predicted molar refractivity (Wildman–Crippen MR) is 68.8 cm³/mol. The number of hydrogen-bond donors (Lipinski definition) is 1. The molecule has 0 aliphatic carbocycles. The van der Waals surface area contributed by atoms with Crippen molar-refractivity contribution in [1.29, 1.82) is 0 Å². The number of nitrogens with zero attached hydrogens (tertiary/aromatic N) is 1. The summed E-state index contributed by atoms with van der Waals surface area (Å²) in [7, 11) is 0. The zero-order chi connectivity index (χ0) is 12.0. The molecule has 1 aliphatic heterocycles. The van der Waals surface area contributed by atoms with Gasteiger partial charge in [0.2, 0.25) is 0 Å². The Balaban J connectivity index is 2.38. The monoisotopic (exact) mass is 228 g/mol. The Morgan fingerprint density at radius 1 is 1.25 bits per heavy atom. The Bertz CT molecular complexity index is 177. The number of hydrogen-bond acceptors (Lipinski definition) is 3. The van der Waals surface area contributed by atoms with Crippen LogP contribution >= 0.6 is 0 Å². The summed E-state index contributed by atoms with van der Waals surface area (Å²) in [6.07, 6.45) is 3.19. The largest absolute Gasteiger partial charge is 0.373 e. The fourth-order valence-corrected chi connectivity index (χ4v) is 2.49. The fraction of sp³-hybridized carbons (Fsp3) is 1.00. The lowest BCUT2D eigenvalue weighted by molar-refractivity contribution is -0.0804. The second kappa shape index (κ2) is 7.25. The van der Waals surface area contributed by atoms with Gasteiger partial charge in [-0.15, -0.1) is 0 Å². The van der Waals surface area contributed by atoms with Crippen molar-refractivity contribution in [2.45, 2.75) is 58.8 Å². The molecule has 0 bridgehead atoms. The highest BCUT2D eigenvalue weighted by Gasteiger charge is 2.26. The summed E-state index contributed by atoms with van der Waals surface area (Å²) in [6, 6.07) is 0.667. The van der Waals surface area contributed by atoms with Gasteiger partial charge in [0, 0.05) is 25.7 Å². The van der Waals surface area contributed by atoms with Gasteiger partial charge in [0.1, 0.15) is 0 Å². The lowest BCUT2D eigenvalue weighted by atomic mass is 10.1. The standard InChI is InChI=1S/C13H28N2O/c1-5-7-14-8-13(6-2)15-9-11(3)16-12(4)10-15/h11-14H,5-10H2,1-4H3/t11-,12+,13?. The first-order valence-corrected chi connectivity index (χ1v) is 6.77. The van der Waals surface area contributed by atoms with Crippen LogP contribution in [-0.4, -0.2) is 49.3 Å². The van der Waals surface area contributed by atoms with Crippen LogP contribution in [0.5, 0.6) is 0 Å². The van der Waals surface area contributed by atoms with Gasteiger partial charge < -0.3 is 10.1 Å². The Labute approximate surface area is 101 Å². The van der Waals surface area contributed by atoms with E-state index >= 15 is 0 Å². The molecule has 0 aromatic carbocycles. The first kappa shape index (κ1) is 13.9. The predicted octanol–water partition coefficient (Wildman–Crippen LogP) is 1.87. The molecule has 1 heterocycles. The van der Waals surface area contributed by atoms with Crippen LogP contribution in [-0.2, 0) is 4.74 Å². The molecule has 0 aromatic rings. The molecule has 3 nitrogen and oxygen atoms in total. The van der Waals surface area contributed by atoms with Gasteiger partial charge >= 0.3 is 0 Å². The lowest BCUT2D eigenvalue weighted by Crippen LogP contribution is -2.52. The van der Waals surface area contributed by atoms with Crippen LogP contribution in [0, 0.1) is 0 Å². The van der Waals surface area contributed by atoms with Crippen molar-refractivity contribution in [3.63, 3.8) is 0 Å². The average Bonchev–Trinajstić information content (AvgIpc) is 2.23. The highest BCUT2D eigenvalue weighted by atomic mass is 16.5. The zero-order valence-electron chi connectivity index (χ0n) is 11.3. The molecular formula is C13H28N2O. The van der Waals surface area contributed by atoms with Gasteiger partial charge in [-0.25, -0.2) is 0 Å². The molecule has 0 amide bonds. The van der Waals surface area contributed by atoms with Crippen molar-refractivity contribution in [2.24, 2.45) is 0 Å². The van der Waals surface area contributed by atoms with Gasteiger partial charge in [0.05, 0.1) is 12.2 Å². The van der Waals surface area contributed by atoms with Crippen LogP contribution in [0.1, 0.15) is 40.5 Å². The average molecular weight is 228 g/mol. The normalized spacial score (nSPS) is 29.2. The molecule has 96 valence electrons. The zero-order valence-corrected chi connectivity index (χ0v) is 11.3. The van der Waals surface area contributed by atoms with E-state index in [2.05, 4.69) is 37.9 Å². The summed E-state index contributed by atoms with van der Waals surface area (Å²) in [6.45, 7) is 13.3. The van der Waals surface area contributed by atoms with Gasteiger partial charge in [-0.2, -0.15) is 0 Å². The third-order valence-corrected chi connectivity index (χ3v) is 3.24. The number of ether oxygens (including phenoxy) is 1. The molecule has 0 radical (unpaired) electrons. The van der Waals surface area contributed by atoms with E-state index in [9.17, 15) is 0 Å². The third-order valence-electron chi connectivity index (χ3n) is 3.24. The smallest absolute Gasteiger partial charge is 0.0678 e. The maximum Gasteiger partial charge on any atom is 0.0678 e. The maximum absolute atomic E-state index is 5.77. The molecule has 0 spiro atoms. The minimum absolute atomic E-state index is 0.379. The van der Waals surface area contributed by atoms with E-state index in [1.165, 1.54) is 12.8 Å². The Morgan fingerprint density at radius 2 is 1.88 bits per heavy atom. The SMILES string of the molecule is CCCNCC(CC)N1C[C@@H](C)O[C@@H](C)C1. The van der Waals surface area contributed by atoms with Gasteiger partial charge in [0.25, 0.3) is 0 Å². The Kier molecular flexibility index (Phi) is 6.32. The topological polar surface area (TPSA) is 24.5 Å². The molecule has 0 saturated carbocycles. The molecule has 1 aliphatic rings. The van der Waals surface area contributed by atoms with E-state index < -0.39 is 0 Å². The molecular weight excluding hydrogens is 200 g/mol. The van der Waals surface area contributed by atoms with Crippen LogP contribution < -0.4 is 5.32 Å². The van der Waals surface area contributed by atoms with Gasteiger partial charge in [0.15, 0.2) is 0 Å². The molecule has 1 rings (SSSR count). The third kappa shape index (κ3) is 4.40. The van der Waals surface area contributed by atoms with Crippen molar-refractivity contribution in [3.05, 3.63) is 0 Å². The minimum atomic E-state index is 0.379. The highest BCUT2D eigenvalue weighted by Crippen LogP contribution is 2.14. The Hall–Kier alpha value is -0.120. The van der Waals surface area contributed by atoms with Crippen molar-refractivity contribution < 1.29 is 4.74 Å². The molecule has 0 aromatic heterocycles. The van der Waals surface area contributed by atoms with Gasteiger partial charge in [-0.05, 0) is 33.2 Å².